The number of thiophene rings is 1. The van der Waals surface area contributed by atoms with Crippen LogP contribution in [0.3, 0.4) is 0 Å². The highest BCUT2D eigenvalue weighted by Crippen LogP contribution is 2.34. The zero-order valence-electron chi connectivity index (χ0n) is 19.7. The predicted octanol–water partition coefficient (Wildman–Crippen LogP) is 4.29. The highest BCUT2D eigenvalue weighted by molar-refractivity contribution is 7.91. The van der Waals surface area contributed by atoms with Crippen molar-refractivity contribution in [1.82, 2.24) is 19.6 Å². The molecule has 0 bridgehead atoms. The first-order valence-corrected chi connectivity index (χ1v) is 12.6. The van der Waals surface area contributed by atoms with Crippen LogP contribution in [-0.4, -0.2) is 70.4 Å². The molecule has 198 valence electrons. The molecule has 0 saturated heterocycles. The van der Waals surface area contributed by atoms with E-state index in [1.165, 1.54) is 16.2 Å². The number of aryl methyl sites for hydroxylation is 1. The number of nitrogens with zero attached hydrogens (tertiary/aromatic N) is 2. The van der Waals surface area contributed by atoms with E-state index in [2.05, 4.69) is 14.7 Å². The molecule has 0 radical (unpaired) electrons. The maximum Gasteiger partial charge on any atom is 0.490 e. The second-order valence-corrected chi connectivity index (χ2v) is 11.6. The minimum atomic E-state index is -5.08. The summed E-state index contributed by atoms with van der Waals surface area (Å²) in [7, 11) is -3.74. The summed E-state index contributed by atoms with van der Waals surface area (Å²) in [5, 5.41) is 17.4. The number of halogens is 3. The summed E-state index contributed by atoms with van der Waals surface area (Å²) in [5.41, 5.74) is 2.03. The summed E-state index contributed by atoms with van der Waals surface area (Å²) < 4.78 is 59.7. The zero-order chi connectivity index (χ0) is 27.5. The molecule has 0 fully saturated rings. The summed E-state index contributed by atoms with van der Waals surface area (Å²) in [4.78, 5) is 29.8. The summed E-state index contributed by atoms with van der Waals surface area (Å²) >= 11 is 1.17. The monoisotopic (exact) mass is 550 g/mol. The number of carboxylic acid groups (broad SMARTS) is 2. The topological polar surface area (TPSA) is 153 Å². The molecule has 3 aromatic rings. The van der Waals surface area contributed by atoms with Crippen molar-refractivity contribution in [2.75, 3.05) is 13.1 Å². The molecule has 0 atom stereocenters. The Labute approximate surface area is 208 Å². The molecule has 4 N–H and O–H groups in total. The lowest BCUT2D eigenvalue weighted by molar-refractivity contribution is -0.192. The van der Waals surface area contributed by atoms with Gasteiger partial charge < -0.3 is 20.1 Å². The van der Waals surface area contributed by atoms with Gasteiger partial charge in [-0.2, -0.15) is 13.2 Å². The Morgan fingerprint density at radius 2 is 1.78 bits per heavy atom. The number of carbonyl (C=O) groups is 2. The van der Waals surface area contributed by atoms with Crippen molar-refractivity contribution in [3.63, 3.8) is 0 Å². The lowest BCUT2D eigenvalue weighted by atomic mass is 10.1. The SMILES string of the molecule is Cc1cc2c(-c3ccc(S(=O)(=O)NCCN(C(=O)O)C(C)(C)C)s3)ccnc2[nH]1.O=C(O)C(F)(F)F. The Morgan fingerprint density at radius 3 is 2.31 bits per heavy atom. The van der Waals surface area contributed by atoms with Gasteiger partial charge in [0.05, 0.1) is 0 Å². The number of hydrogen-bond donors (Lipinski definition) is 4. The van der Waals surface area contributed by atoms with Gasteiger partial charge in [-0.3, -0.25) is 0 Å². The number of amides is 1. The van der Waals surface area contributed by atoms with Crippen molar-refractivity contribution in [3.8, 4) is 10.4 Å². The maximum absolute atomic E-state index is 12.7. The third-order valence-corrected chi connectivity index (χ3v) is 7.76. The summed E-state index contributed by atoms with van der Waals surface area (Å²) in [5.74, 6) is -2.76. The quantitative estimate of drug-likeness (QED) is 0.357. The fourth-order valence-electron chi connectivity index (χ4n) is 3.06. The number of aromatic nitrogens is 2. The molecule has 0 unspecified atom stereocenters. The van der Waals surface area contributed by atoms with Crippen LogP contribution in [-0.2, 0) is 14.8 Å². The van der Waals surface area contributed by atoms with E-state index < -0.39 is 33.8 Å². The highest BCUT2D eigenvalue weighted by Gasteiger charge is 2.38. The first-order chi connectivity index (χ1) is 16.4. The van der Waals surface area contributed by atoms with Gasteiger partial charge in [0.2, 0.25) is 10.0 Å². The van der Waals surface area contributed by atoms with Crippen LogP contribution in [0.4, 0.5) is 18.0 Å². The number of nitrogens with one attached hydrogen (secondary N) is 2. The summed E-state index contributed by atoms with van der Waals surface area (Å²) in [6, 6.07) is 7.18. The van der Waals surface area contributed by atoms with E-state index in [9.17, 15) is 31.5 Å². The molecule has 0 aromatic carbocycles. The van der Waals surface area contributed by atoms with Crippen molar-refractivity contribution < 1.29 is 41.4 Å². The fraction of sp³-hybridized carbons (Fsp3) is 0.381. The minimum absolute atomic E-state index is 0.00432. The van der Waals surface area contributed by atoms with Crippen LogP contribution < -0.4 is 4.72 Å². The average molecular weight is 551 g/mol. The molecule has 36 heavy (non-hydrogen) atoms. The van der Waals surface area contributed by atoms with E-state index in [0.717, 1.165) is 27.2 Å². The standard InChI is InChI=1S/C19H24N4O4S2.C2HF3O2/c1-12-11-14-13(7-8-20-17(14)22-12)15-5-6-16(28-15)29(26,27)21-9-10-23(18(24)25)19(2,3)4;3-2(4,5)1(6)7/h5-8,11,21H,9-10H2,1-4H3,(H,20,22)(H,24,25);(H,6,7). The van der Waals surface area contributed by atoms with Gasteiger partial charge in [-0.15, -0.1) is 11.3 Å². The van der Waals surface area contributed by atoms with E-state index in [1.54, 1.807) is 39.1 Å². The summed E-state index contributed by atoms with van der Waals surface area (Å²) in [6.45, 7) is 7.29. The van der Waals surface area contributed by atoms with Crippen molar-refractivity contribution >= 4 is 44.5 Å². The van der Waals surface area contributed by atoms with Gasteiger partial charge in [-0.05, 0) is 52.0 Å². The Morgan fingerprint density at radius 1 is 1.17 bits per heavy atom. The van der Waals surface area contributed by atoms with Crippen LogP contribution in [0.25, 0.3) is 21.5 Å². The molecular weight excluding hydrogens is 525 g/mol. The van der Waals surface area contributed by atoms with Crippen LogP contribution in [0.1, 0.15) is 26.5 Å². The normalized spacial score (nSPS) is 12.2. The number of aliphatic carboxylic acids is 1. The molecule has 3 heterocycles. The van der Waals surface area contributed by atoms with Gasteiger partial charge in [-0.1, -0.05) is 0 Å². The Balaban J connectivity index is 0.000000572. The zero-order valence-corrected chi connectivity index (χ0v) is 21.3. The molecule has 0 aliphatic heterocycles. The third kappa shape index (κ3) is 7.41. The molecule has 0 aliphatic rings. The molecule has 3 rings (SSSR count). The number of fused-ring (bicyclic) bond motifs is 1. The smallest absolute Gasteiger partial charge is 0.475 e. The van der Waals surface area contributed by atoms with Gasteiger partial charge in [0, 0.05) is 46.3 Å². The molecule has 0 aliphatic carbocycles. The van der Waals surface area contributed by atoms with Gasteiger partial charge in [-0.25, -0.2) is 27.7 Å². The number of pyridine rings is 1. The summed E-state index contributed by atoms with van der Waals surface area (Å²) in [6.07, 6.45) is -4.48. The Bertz CT molecular complexity index is 1340. The average Bonchev–Trinajstić information content (AvgIpc) is 3.36. The molecule has 15 heteroatoms. The molecule has 0 spiro atoms. The lowest BCUT2D eigenvalue weighted by Crippen LogP contribution is -2.48. The number of hydrogen-bond acceptors (Lipinski definition) is 6. The van der Waals surface area contributed by atoms with Crippen molar-refractivity contribution in [2.45, 2.75) is 43.6 Å². The molecule has 0 saturated carbocycles. The van der Waals surface area contributed by atoms with Gasteiger partial charge in [0.1, 0.15) is 9.86 Å². The van der Waals surface area contributed by atoms with Crippen molar-refractivity contribution in [3.05, 3.63) is 36.2 Å². The van der Waals surface area contributed by atoms with E-state index in [1.807, 2.05) is 19.1 Å². The van der Waals surface area contributed by atoms with Crippen LogP contribution in [0.5, 0.6) is 0 Å². The van der Waals surface area contributed by atoms with E-state index in [4.69, 9.17) is 9.90 Å². The molecule has 3 aromatic heterocycles. The Kier molecular flexibility index (Phi) is 8.75. The molecular formula is C21H25F3N4O6S2. The van der Waals surface area contributed by atoms with Crippen molar-refractivity contribution in [1.29, 1.82) is 0 Å². The molecule has 1 amide bonds. The van der Waals surface area contributed by atoms with Gasteiger partial charge in [0.25, 0.3) is 0 Å². The van der Waals surface area contributed by atoms with Crippen LogP contribution in [0.15, 0.2) is 34.7 Å². The van der Waals surface area contributed by atoms with Crippen molar-refractivity contribution in [2.24, 2.45) is 0 Å². The first-order valence-electron chi connectivity index (χ1n) is 10.3. The predicted molar refractivity (Wildman–Crippen MR) is 128 cm³/mol. The highest BCUT2D eigenvalue weighted by atomic mass is 32.2. The lowest BCUT2D eigenvalue weighted by Gasteiger charge is -2.33. The van der Waals surface area contributed by atoms with Gasteiger partial charge >= 0.3 is 18.2 Å². The van der Waals surface area contributed by atoms with Gasteiger partial charge in [0.15, 0.2) is 0 Å². The number of sulfonamides is 1. The van der Waals surface area contributed by atoms with Crippen LogP contribution in [0.2, 0.25) is 0 Å². The molecule has 10 nitrogen and oxygen atoms in total. The van der Waals surface area contributed by atoms with E-state index in [-0.39, 0.29) is 17.3 Å². The largest absolute Gasteiger partial charge is 0.490 e. The fourth-order valence-corrected chi connectivity index (χ4v) is 5.47. The van der Waals surface area contributed by atoms with Crippen LogP contribution >= 0.6 is 11.3 Å². The minimum Gasteiger partial charge on any atom is -0.475 e. The number of H-pyrrole nitrogens is 1. The Hall–Kier alpha value is -3.17. The third-order valence-electron chi connectivity index (χ3n) is 4.69. The van der Waals surface area contributed by atoms with Crippen LogP contribution in [0, 0.1) is 6.92 Å². The number of rotatable bonds is 6. The number of alkyl halides is 3. The first kappa shape index (κ1) is 29.1. The maximum atomic E-state index is 12.7. The van der Waals surface area contributed by atoms with E-state index >= 15 is 0 Å². The number of carboxylic acids is 1. The second-order valence-electron chi connectivity index (χ2n) is 8.50. The second kappa shape index (κ2) is 10.8. The number of aromatic amines is 1. The van der Waals surface area contributed by atoms with E-state index in [0.29, 0.717) is 0 Å².